The Morgan fingerprint density at radius 2 is 2.10 bits per heavy atom. The number of anilines is 1. The van der Waals surface area contributed by atoms with Crippen molar-refractivity contribution in [1.29, 1.82) is 0 Å². The second kappa shape index (κ2) is 6.57. The summed E-state index contributed by atoms with van der Waals surface area (Å²) in [4.78, 5) is 2.40. The van der Waals surface area contributed by atoms with Gasteiger partial charge in [-0.1, -0.05) is 13.3 Å². The monoisotopic (exact) mass is 278 g/mol. The zero-order valence-electron chi connectivity index (χ0n) is 13.0. The molecule has 2 atom stereocenters. The summed E-state index contributed by atoms with van der Waals surface area (Å²) in [6, 6.07) is 3.46. The maximum atomic E-state index is 13.8. The molecule has 2 nitrogen and oxygen atoms in total. The van der Waals surface area contributed by atoms with Gasteiger partial charge in [0.2, 0.25) is 0 Å². The Kier molecular flexibility index (Phi) is 5.03. The number of aryl methyl sites for hydroxylation is 1. The zero-order chi connectivity index (χ0) is 14.7. The predicted molar refractivity (Wildman–Crippen MR) is 83.6 cm³/mol. The Bertz CT molecular complexity index is 457. The summed E-state index contributed by atoms with van der Waals surface area (Å²) in [5, 5.41) is 0. The van der Waals surface area contributed by atoms with E-state index in [0.29, 0.717) is 5.56 Å². The van der Waals surface area contributed by atoms with Crippen LogP contribution in [0.2, 0.25) is 0 Å². The standard InChI is InChI=1S/C17H27FN2/c1-4-14-6-5-8-20(9-7-14)17-10-12(2)16(18)11-15(17)13(3)19/h10-11,13-14H,4-9,19H2,1-3H3/t13-,14?/m1/s1. The smallest absolute Gasteiger partial charge is 0.126 e. The van der Waals surface area contributed by atoms with E-state index in [1.165, 1.54) is 25.7 Å². The molecular weight excluding hydrogens is 251 g/mol. The maximum Gasteiger partial charge on any atom is 0.126 e. The molecule has 2 rings (SSSR count). The number of hydrogen-bond donors (Lipinski definition) is 1. The van der Waals surface area contributed by atoms with Gasteiger partial charge in [0.05, 0.1) is 0 Å². The van der Waals surface area contributed by atoms with Gasteiger partial charge in [-0.25, -0.2) is 4.39 Å². The first kappa shape index (κ1) is 15.3. The highest BCUT2D eigenvalue weighted by Gasteiger charge is 2.20. The molecule has 1 aromatic carbocycles. The molecule has 0 spiro atoms. The van der Waals surface area contributed by atoms with Crippen LogP contribution in [0.3, 0.4) is 0 Å². The number of benzene rings is 1. The quantitative estimate of drug-likeness (QED) is 0.899. The Hall–Kier alpha value is -1.09. The third-order valence-corrected chi connectivity index (χ3v) is 4.56. The average Bonchev–Trinajstić information content (AvgIpc) is 2.66. The summed E-state index contributed by atoms with van der Waals surface area (Å²) in [6.45, 7) is 8.15. The van der Waals surface area contributed by atoms with Crippen molar-refractivity contribution in [3.05, 3.63) is 29.1 Å². The van der Waals surface area contributed by atoms with Crippen LogP contribution in [0.4, 0.5) is 10.1 Å². The van der Waals surface area contributed by atoms with Gasteiger partial charge in [-0.2, -0.15) is 0 Å². The van der Waals surface area contributed by atoms with Crippen molar-refractivity contribution in [2.45, 2.75) is 52.5 Å². The van der Waals surface area contributed by atoms with E-state index in [4.69, 9.17) is 5.73 Å². The van der Waals surface area contributed by atoms with Crippen LogP contribution in [0.5, 0.6) is 0 Å². The minimum absolute atomic E-state index is 0.134. The average molecular weight is 278 g/mol. The SMILES string of the molecule is CCC1CCCN(c2cc(C)c(F)cc2[C@@H](C)N)CC1. The van der Waals surface area contributed by atoms with Gasteiger partial charge in [0.25, 0.3) is 0 Å². The first-order chi connectivity index (χ1) is 9.52. The molecule has 0 aliphatic carbocycles. The van der Waals surface area contributed by atoms with Crippen molar-refractivity contribution in [3.63, 3.8) is 0 Å². The predicted octanol–water partition coefficient (Wildman–Crippen LogP) is 4.17. The van der Waals surface area contributed by atoms with E-state index in [-0.39, 0.29) is 11.9 Å². The molecule has 1 saturated heterocycles. The first-order valence-corrected chi connectivity index (χ1v) is 7.83. The Balaban J connectivity index is 2.29. The number of nitrogens with zero attached hydrogens (tertiary/aromatic N) is 1. The molecule has 1 heterocycles. The Labute approximate surface area is 122 Å². The highest BCUT2D eigenvalue weighted by Crippen LogP contribution is 2.31. The molecule has 3 heteroatoms. The molecule has 2 N–H and O–H groups in total. The normalized spacial score (nSPS) is 21.6. The lowest BCUT2D eigenvalue weighted by Crippen LogP contribution is -2.27. The molecule has 0 saturated carbocycles. The lowest BCUT2D eigenvalue weighted by molar-refractivity contribution is 0.459. The number of nitrogens with two attached hydrogens (primary N) is 1. The molecule has 1 aliphatic heterocycles. The fourth-order valence-electron chi connectivity index (χ4n) is 3.13. The van der Waals surface area contributed by atoms with Crippen LogP contribution in [0, 0.1) is 18.7 Å². The van der Waals surface area contributed by atoms with Crippen molar-refractivity contribution in [1.82, 2.24) is 0 Å². The van der Waals surface area contributed by atoms with Crippen LogP contribution in [0.25, 0.3) is 0 Å². The van der Waals surface area contributed by atoms with Gasteiger partial charge >= 0.3 is 0 Å². The fourth-order valence-corrected chi connectivity index (χ4v) is 3.13. The first-order valence-electron chi connectivity index (χ1n) is 7.83. The maximum absolute atomic E-state index is 13.8. The molecule has 20 heavy (non-hydrogen) atoms. The van der Waals surface area contributed by atoms with E-state index in [9.17, 15) is 4.39 Å². The third-order valence-electron chi connectivity index (χ3n) is 4.56. The van der Waals surface area contributed by atoms with Crippen LogP contribution in [0.1, 0.15) is 56.7 Å². The number of hydrogen-bond acceptors (Lipinski definition) is 2. The van der Waals surface area contributed by atoms with Crippen molar-refractivity contribution in [3.8, 4) is 0 Å². The summed E-state index contributed by atoms with van der Waals surface area (Å²) in [6.07, 6.45) is 5.01. The summed E-state index contributed by atoms with van der Waals surface area (Å²) >= 11 is 0. The largest absolute Gasteiger partial charge is 0.371 e. The molecule has 1 unspecified atom stereocenters. The van der Waals surface area contributed by atoms with Crippen LogP contribution in [-0.4, -0.2) is 13.1 Å². The van der Waals surface area contributed by atoms with Gasteiger partial charge in [0.1, 0.15) is 5.82 Å². The number of rotatable bonds is 3. The van der Waals surface area contributed by atoms with Crippen LogP contribution < -0.4 is 10.6 Å². The topological polar surface area (TPSA) is 29.3 Å². The zero-order valence-corrected chi connectivity index (χ0v) is 13.0. The molecule has 1 aromatic rings. The van der Waals surface area contributed by atoms with Gasteiger partial charge in [-0.05, 0) is 62.3 Å². The van der Waals surface area contributed by atoms with Crippen LogP contribution >= 0.6 is 0 Å². The van der Waals surface area contributed by atoms with Crippen molar-refractivity contribution in [2.75, 3.05) is 18.0 Å². The van der Waals surface area contributed by atoms with Gasteiger partial charge in [0.15, 0.2) is 0 Å². The molecule has 1 fully saturated rings. The fraction of sp³-hybridized carbons (Fsp3) is 0.647. The van der Waals surface area contributed by atoms with Gasteiger partial charge in [-0.15, -0.1) is 0 Å². The van der Waals surface area contributed by atoms with E-state index < -0.39 is 0 Å². The van der Waals surface area contributed by atoms with E-state index in [1.807, 2.05) is 19.9 Å². The minimum atomic E-state index is -0.151. The van der Waals surface area contributed by atoms with E-state index in [1.54, 1.807) is 6.07 Å². The minimum Gasteiger partial charge on any atom is -0.371 e. The second-order valence-corrected chi connectivity index (χ2v) is 6.14. The van der Waals surface area contributed by atoms with Crippen LogP contribution in [-0.2, 0) is 0 Å². The Morgan fingerprint density at radius 3 is 2.75 bits per heavy atom. The summed E-state index contributed by atoms with van der Waals surface area (Å²) in [5.41, 5.74) is 8.82. The van der Waals surface area contributed by atoms with Gasteiger partial charge < -0.3 is 10.6 Å². The molecule has 0 bridgehead atoms. The van der Waals surface area contributed by atoms with E-state index >= 15 is 0 Å². The van der Waals surface area contributed by atoms with Crippen molar-refractivity contribution >= 4 is 5.69 Å². The number of halogens is 1. The highest BCUT2D eigenvalue weighted by atomic mass is 19.1. The summed E-state index contributed by atoms with van der Waals surface area (Å²) in [5.74, 6) is 0.683. The van der Waals surface area contributed by atoms with Gasteiger partial charge in [-0.3, -0.25) is 0 Å². The van der Waals surface area contributed by atoms with E-state index in [0.717, 1.165) is 30.3 Å². The van der Waals surface area contributed by atoms with Gasteiger partial charge in [0, 0.05) is 24.8 Å². The molecule has 0 amide bonds. The molecular formula is C17H27FN2. The Morgan fingerprint density at radius 1 is 1.35 bits per heavy atom. The molecule has 0 radical (unpaired) electrons. The van der Waals surface area contributed by atoms with Crippen molar-refractivity contribution in [2.24, 2.45) is 11.7 Å². The summed E-state index contributed by atoms with van der Waals surface area (Å²) in [7, 11) is 0. The molecule has 112 valence electrons. The molecule has 0 aromatic heterocycles. The van der Waals surface area contributed by atoms with Crippen molar-refractivity contribution < 1.29 is 4.39 Å². The van der Waals surface area contributed by atoms with E-state index in [2.05, 4.69) is 11.8 Å². The van der Waals surface area contributed by atoms with Crippen LogP contribution in [0.15, 0.2) is 12.1 Å². The second-order valence-electron chi connectivity index (χ2n) is 6.14. The lowest BCUT2D eigenvalue weighted by atomic mass is 9.98. The highest BCUT2D eigenvalue weighted by molar-refractivity contribution is 5.57. The molecule has 1 aliphatic rings. The lowest BCUT2D eigenvalue weighted by Gasteiger charge is -2.27. The third kappa shape index (κ3) is 3.32. The summed E-state index contributed by atoms with van der Waals surface area (Å²) < 4.78 is 13.8.